The lowest BCUT2D eigenvalue weighted by Crippen LogP contribution is -2.03. The van der Waals surface area contributed by atoms with Gasteiger partial charge in [0.2, 0.25) is 0 Å². The van der Waals surface area contributed by atoms with E-state index in [1.165, 1.54) is 0 Å². The Balaban J connectivity index is 2.42. The number of ether oxygens (including phenoxy) is 2. The number of aliphatic hydroxyl groups is 2. The third-order valence-electron chi connectivity index (χ3n) is 3.81. The second-order valence-corrected chi connectivity index (χ2v) is 5.58. The van der Waals surface area contributed by atoms with Gasteiger partial charge in [-0.1, -0.05) is 0 Å². The molecule has 0 aliphatic heterocycles. The summed E-state index contributed by atoms with van der Waals surface area (Å²) >= 11 is 0. The number of rotatable bonds is 12. The molecule has 0 heterocycles. The fourth-order valence-electron chi connectivity index (χ4n) is 2.23. The number of hydrogen-bond donors (Lipinski definition) is 2. The van der Waals surface area contributed by atoms with Crippen molar-refractivity contribution in [3.8, 4) is 11.5 Å². The molecule has 0 bridgehead atoms. The van der Waals surface area contributed by atoms with Crippen LogP contribution in [0.3, 0.4) is 0 Å². The average Bonchev–Trinajstić information content (AvgIpc) is 2.52. The van der Waals surface area contributed by atoms with Crippen LogP contribution in [0.2, 0.25) is 0 Å². The lowest BCUT2D eigenvalue weighted by molar-refractivity contribution is 0.262. The maximum Gasteiger partial charge on any atom is 0.122 e. The van der Waals surface area contributed by atoms with Gasteiger partial charge in [-0.15, -0.1) is 0 Å². The van der Waals surface area contributed by atoms with Crippen molar-refractivity contribution in [2.24, 2.45) is 0 Å². The minimum absolute atomic E-state index is 0.252. The monoisotopic (exact) mass is 310 g/mol. The van der Waals surface area contributed by atoms with Crippen LogP contribution in [0, 0.1) is 13.8 Å². The quantitative estimate of drug-likeness (QED) is 0.581. The van der Waals surface area contributed by atoms with Crippen LogP contribution in [0.15, 0.2) is 12.1 Å². The predicted molar refractivity (Wildman–Crippen MR) is 88.8 cm³/mol. The average molecular weight is 310 g/mol. The molecule has 0 fully saturated rings. The zero-order valence-electron chi connectivity index (χ0n) is 13.9. The zero-order chi connectivity index (χ0) is 16.2. The van der Waals surface area contributed by atoms with Crippen LogP contribution < -0.4 is 9.47 Å². The number of benzene rings is 1. The van der Waals surface area contributed by atoms with Gasteiger partial charge in [0.15, 0.2) is 0 Å². The summed E-state index contributed by atoms with van der Waals surface area (Å²) < 4.78 is 11.6. The molecule has 1 aromatic rings. The van der Waals surface area contributed by atoms with Crippen LogP contribution in [-0.4, -0.2) is 36.6 Å². The highest BCUT2D eigenvalue weighted by Gasteiger charge is 2.08. The summed E-state index contributed by atoms with van der Waals surface area (Å²) in [5.74, 6) is 1.82. The highest BCUT2D eigenvalue weighted by molar-refractivity contribution is 5.47. The predicted octanol–water partition coefficient (Wildman–Crippen LogP) is 3.39. The van der Waals surface area contributed by atoms with E-state index in [2.05, 4.69) is 13.8 Å². The Morgan fingerprint density at radius 2 is 1.09 bits per heavy atom. The van der Waals surface area contributed by atoms with Crippen LogP contribution in [0.1, 0.15) is 49.7 Å². The first-order valence-corrected chi connectivity index (χ1v) is 8.28. The van der Waals surface area contributed by atoms with Crippen molar-refractivity contribution in [3.05, 3.63) is 23.3 Å². The third-order valence-corrected chi connectivity index (χ3v) is 3.81. The van der Waals surface area contributed by atoms with Crippen molar-refractivity contribution >= 4 is 0 Å². The Bertz CT molecular complexity index is 379. The highest BCUT2D eigenvalue weighted by Crippen LogP contribution is 2.29. The lowest BCUT2D eigenvalue weighted by Gasteiger charge is -2.15. The van der Waals surface area contributed by atoms with E-state index in [0.29, 0.717) is 13.2 Å². The van der Waals surface area contributed by atoms with Crippen molar-refractivity contribution in [3.63, 3.8) is 0 Å². The van der Waals surface area contributed by atoms with Crippen molar-refractivity contribution in [2.75, 3.05) is 26.4 Å². The molecule has 0 aromatic heterocycles. The number of unbranched alkanes of at least 4 members (excludes halogenated alkanes) is 4. The number of hydrogen-bond acceptors (Lipinski definition) is 4. The molecule has 0 aliphatic rings. The molecule has 0 saturated carbocycles. The SMILES string of the molecule is Cc1c(OCCCCCO)ccc(OCCCCCO)c1C. The first-order valence-electron chi connectivity index (χ1n) is 8.28. The topological polar surface area (TPSA) is 58.9 Å². The molecule has 1 aromatic carbocycles. The standard InChI is InChI=1S/C18H30O4/c1-15-16(2)18(22-14-8-4-6-12-20)10-9-17(15)21-13-7-3-5-11-19/h9-10,19-20H,3-8,11-14H2,1-2H3. The molecule has 126 valence electrons. The van der Waals surface area contributed by atoms with Gasteiger partial charge in [-0.2, -0.15) is 0 Å². The van der Waals surface area contributed by atoms with Gasteiger partial charge in [-0.25, -0.2) is 0 Å². The molecule has 4 nitrogen and oxygen atoms in total. The second-order valence-electron chi connectivity index (χ2n) is 5.58. The molecule has 0 radical (unpaired) electrons. The summed E-state index contributed by atoms with van der Waals surface area (Å²) in [5.41, 5.74) is 2.24. The molecule has 22 heavy (non-hydrogen) atoms. The molecule has 1 rings (SSSR count). The molecule has 0 unspecified atom stereocenters. The Labute approximate surface area is 134 Å². The highest BCUT2D eigenvalue weighted by atomic mass is 16.5. The van der Waals surface area contributed by atoms with E-state index >= 15 is 0 Å². The minimum atomic E-state index is 0.252. The maximum atomic E-state index is 8.75. The van der Waals surface area contributed by atoms with E-state index in [0.717, 1.165) is 61.2 Å². The molecule has 0 atom stereocenters. The Morgan fingerprint density at radius 1 is 0.682 bits per heavy atom. The smallest absolute Gasteiger partial charge is 0.122 e. The van der Waals surface area contributed by atoms with Crippen molar-refractivity contribution in [1.29, 1.82) is 0 Å². The molecule has 0 saturated heterocycles. The van der Waals surface area contributed by atoms with Gasteiger partial charge in [0, 0.05) is 13.2 Å². The Hall–Kier alpha value is -1.26. The third kappa shape index (κ3) is 6.67. The fourth-order valence-corrected chi connectivity index (χ4v) is 2.23. The Morgan fingerprint density at radius 3 is 1.45 bits per heavy atom. The van der Waals surface area contributed by atoms with Crippen LogP contribution in [-0.2, 0) is 0 Å². The van der Waals surface area contributed by atoms with Crippen LogP contribution in [0.4, 0.5) is 0 Å². The van der Waals surface area contributed by atoms with Gasteiger partial charge in [0.1, 0.15) is 11.5 Å². The summed E-state index contributed by atoms with van der Waals surface area (Å²) in [4.78, 5) is 0. The van der Waals surface area contributed by atoms with E-state index < -0.39 is 0 Å². The summed E-state index contributed by atoms with van der Waals surface area (Å²) in [6.07, 6.45) is 5.58. The molecule has 2 N–H and O–H groups in total. The van der Waals surface area contributed by atoms with Gasteiger partial charge in [0.25, 0.3) is 0 Å². The molecular formula is C18H30O4. The lowest BCUT2D eigenvalue weighted by atomic mass is 10.1. The van der Waals surface area contributed by atoms with Crippen molar-refractivity contribution < 1.29 is 19.7 Å². The van der Waals surface area contributed by atoms with E-state index in [9.17, 15) is 0 Å². The van der Waals surface area contributed by atoms with E-state index in [-0.39, 0.29) is 13.2 Å². The minimum Gasteiger partial charge on any atom is -0.493 e. The summed E-state index contributed by atoms with van der Waals surface area (Å²) in [6, 6.07) is 3.94. The van der Waals surface area contributed by atoms with Crippen LogP contribution in [0.5, 0.6) is 11.5 Å². The first kappa shape index (κ1) is 18.8. The van der Waals surface area contributed by atoms with Gasteiger partial charge >= 0.3 is 0 Å². The largest absolute Gasteiger partial charge is 0.493 e. The zero-order valence-corrected chi connectivity index (χ0v) is 13.9. The van der Waals surface area contributed by atoms with Crippen LogP contribution >= 0.6 is 0 Å². The molecule has 0 amide bonds. The van der Waals surface area contributed by atoms with Gasteiger partial charge < -0.3 is 19.7 Å². The summed E-state index contributed by atoms with van der Waals surface area (Å²) in [6.45, 7) is 5.97. The van der Waals surface area contributed by atoms with Gasteiger partial charge in [-0.05, 0) is 75.6 Å². The number of aliphatic hydroxyl groups excluding tert-OH is 2. The van der Waals surface area contributed by atoms with Crippen molar-refractivity contribution in [2.45, 2.75) is 52.4 Å². The van der Waals surface area contributed by atoms with Gasteiger partial charge in [0.05, 0.1) is 13.2 Å². The molecule has 0 spiro atoms. The second kappa shape index (κ2) is 11.3. The van der Waals surface area contributed by atoms with Gasteiger partial charge in [-0.3, -0.25) is 0 Å². The molecular weight excluding hydrogens is 280 g/mol. The maximum absolute atomic E-state index is 8.75. The molecule has 0 aliphatic carbocycles. The van der Waals surface area contributed by atoms with E-state index in [1.54, 1.807) is 0 Å². The Kier molecular flexibility index (Phi) is 9.67. The van der Waals surface area contributed by atoms with E-state index in [4.69, 9.17) is 19.7 Å². The first-order chi connectivity index (χ1) is 10.7. The van der Waals surface area contributed by atoms with Crippen molar-refractivity contribution in [1.82, 2.24) is 0 Å². The van der Waals surface area contributed by atoms with E-state index in [1.807, 2.05) is 12.1 Å². The summed E-state index contributed by atoms with van der Waals surface area (Å²) in [7, 11) is 0. The molecule has 4 heteroatoms. The summed E-state index contributed by atoms with van der Waals surface area (Å²) in [5, 5.41) is 17.5. The fraction of sp³-hybridized carbons (Fsp3) is 0.667. The van der Waals surface area contributed by atoms with Crippen LogP contribution in [0.25, 0.3) is 0 Å². The normalized spacial score (nSPS) is 10.7.